The predicted octanol–water partition coefficient (Wildman–Crippen LogP) is 3.02. The van der Waals surface area contributed by atoms with E-state index in [1.54, 1.807) is 0 Å². The van der Waals surface area contributed by atoms with Crippen molar-refractivity contribution in [2.75, 3.05) is 13.2 Å². The fourth-order valence-electron chi connectivity index (χ4n) is 2.69. The molecular formula is C15H22O2. The lowest BCUT2D eigenvalue weighted by molar-refractivity contribution is -0.0196. The van der Waals surface area contributed by atoms with E-state index in [0.717, 1.165) is 25.9 Å². The fourth-order valence-corrected chi connectivity index (χ4v) is 2.69. The highest BCUT2D eigenvalue weighted by atomic mass is 16.5. The van der Waals surface area contributed by atoms with Crippen molar-refractivity contribution in [3.8, 4) is 0 Å². The Balaban J connectivity index is 2.29. The quantitative estimate of drug-likeness (QED) is 0.867. The predicted molar refractivity (Wildman–Crippen MR) is 69.1 cm³/mol. The number of benzene rings is 1. The molecule has 0 saturated heterocycles. The van der Waals surface area contributed by atoms with Crippen LogP contribution >= 0.6 is 0 Å². The number of rotatable bonds is 4. The number of ether oxygens (including phenoxy) is 1. The molecule has 0 spiro atoms. The summed E-state index contributed by atoms with van der Waals surface area (Å²) in [6.07, 6.45) is 3.19. The van der Waals surface area contributed by atoms with E-state index in [-0.39, 0.29) is 18.6 Å². The zero-order chi connectivity index (χ0) is 12.3. The maximum atomic E-state index is 9.52. The lowest BCUT2D eigenvalue weighted by Crippen LogP contribution is -2.25. The maximum absolute atomic E-state index is 9.52. The highest BCUT2D eigenvalue weighted by Crippen LogP contribution is 2.35. The van der Waals surface area contributed by atoms with Crippen LogP contribution in [0.2, 0.25) is 0 Å². The molecule has 94 valence electrons. The van der Waals surface area contributed by atoms with Crippen LogP contribution in [0.5, 0.6) is 0 Å². The first-order valence-corrected chi connectivity index (χ1v) is 6.58. The summed E-state index contributed by atoms with van der Waals surface area (Å²) >= 11 is 0. The third-order valence-electron chi connectivity index (χ3n) is 3.60. The molecule has 0 saturated carbocycles. The van der Waals surface area contributed by atoms with Gasteiger partial charge >= 0.3 is 0 Å². The molecular weight excluding hydrogens is 212 g/mol. The van der Waals surface area contributed by atoms with Crippen LogP contribution in [0, 0.1) is 12.8 Å². The smallest absolute Gasteiger partial charge is 0.0877 e. The number of aliphatic hydroxyl groups is 1. The van der Waals surface area contributed by atoms with Gasteiger partial charge in [-0.15, -0.1) is 0 Å². The Hall–Kier alpha value is -0.860. The zero-order valence-electron chi connectivity index (χ0n) is 10.8. The Morgan fingerprint density at radius 1 is 1.47 bits per heavy atom. The second-order valence-electron chi connectivity index (χ2n) is 4.97. The molecule has 0 aliphatic carbocycles. The van der Waals surface area contributed by atoms with Gasteiger partial charge < -0.3 is 9.84 Å². The third-order valence-corrected chi connectivity index (χ3v) is 3.60. The summed E-state index contributed by atoms with van der Waals surface area (Å²) in [5.41, 5.74) is 3.96. The van der Waals surface area contributed by atoms with Crippen LogP contribution in [0.15, 0.2) is 18.2 Å². The van der Waals surface area contributed by atoms with Crippen LogP contribution in [0.3, 0.4) is 0 Å². The van der Waals surface area contributed by atoms with Crippen molar-refractivity contribution in [1.29, 1.82) is 0 Å². The molecule has 1 heterocycles. The van der Waals surface area contributed by atoms with Gasteiger partial charge in [-0.25, -0.2) is 0 Å². The summed E-state index contributed by atoms with van der Waals surface area (Å²) in [5, 5.41) is 9.52. The lowest BCUT2D eigenvalue weighted by atomic mass is 9.86. The second kappa shape index (κ2) is 5.65. The molecule has 0 bridgehead atoms. The molecule has 1 N–H and O–H groups in total. The lowest BCUT2D eigenvalue weighted by Gasteiger charge is -2.32. The van der Waals surface area contributed by atoms with Crippen LogP contribution < -0.4 is 0 Å². The summed E-state index contributed by atoms with van der Waals surface area (Å²) in [6, 6.07) is 6.59. The van der Waals surface area contributed by atoms with E-state index in [0.29, 0.717) is 0 Å². The molecule has 1 aromatic rings. The van der Waals surface area contributed by atoms with E-state index >= 15 is 0 Å². The van der Waals surface area contributed by atoms with Gasteiger partial charge in [-0.3, -0.25) is 0 Å². The highest BCUT2D eigenvalue weighted by molar-refractivity contribution is 5.35. The number of aliphatic hydroxyl groups excluding tert-OH is 1. The van der Waals surface area contributed by atoms with E-state index in [4.69, 9.17) is 4.74 Å². The van der Waals surface area contributed by atoms with Gasteiger partial charge in [-0.05, 0) is 30.9 Å². The largest absolute Gasteiger partial charge is 0.396 e. The van der Waals surface area contributed by atoms with Crippen molar-refractivity contribution >= 4 is 0 Å². The molecule has 2 rings (SSSR count). The van der Waals surface area contributed by atoms with Gasteiger partial charge in [0, 0.05) is 12.5 Å². The molecule has 1 aliphatic heterocycles. The van der Waals surface area contributed by atoms with Gasteiger partial charge in [-0.1, -0.05) is 37.1 Å². The average molecular weight is 234 g/mol. The highest BCUT2D eigenvalue weighted by Gasteiger charge is 2.27. The molecule has 0 unspecified atom stereocenters. The monoisotopic (exact) mass is 234 g/mol. The molecule has 0 radical (unpaired) electrons. The molecule has 1 aliphatic rings. The molecule has 2 nitrogen and oxygen atoms in total. The minimum atomic E-state index is 0.0867. The molecule has 17 heavy (non-hydrogen) atoms. The van der Waals surface area contributed by atoms with Crippen molar-refractivity contribution in [3.05, 3.63) is 34.9 Å². The first-order chi connectivity index (χ1) is 8.26. The van der Waals surface area contributed by atoms with Crippen LogP contribution in [0.25, 0.3) is 0 Å². The molecule has 2 heteroatoms. The summed E-state index contributed by atoms with van der Waals surface area (Å²) < 4.78 is 5.90. The molecule has 0 fully saturated rings. The topological polar surface area (TPSA) is 29.5 Å². The zero-order valence-corrected chi connectivity index (χ0v) is 10.8. The summed E-state index contributed by atoms with van der Waals surface area (Å²) in [6.45, 7) is 5.26. The molecule has 2 atom stereocenters. The van der Waals surface area contributed by atoms with Crippen LogP contribution in [-0.4, -0.2) is 18.3 Å². The van der Waals surface area contributed by atoms with E-state index in [1.165, 1.54) is 16.7 Å². The minimum absolute atomic E-state index is 0.0867. The van der Waals surface area contributed by atoms with Gasteiger partial charge in [-0.2, -0.15) is 0 Å². The third kappa shape index (κ3) is 2.70. The number of hydrogen-bond donors (Lipinski definition) is 1. The van der Waals surface area contributed by atoms with Gasteiger partial charge in [0.15, 0.2) is 0 Å². The van der Waals surface area contributed by atoms with Crippen LogP contribution in [-0.2, 0) is 11.2 Å². The van der Waals surface area contributed by atoms with Crippen molar-refractivity contribution in [1.82, 2.24) is 0 Å². The normalized spacial score (nSPS) is 21.0. The van der Waals surface area contributed by atoms with Gasteiger partial charge in [0.1, 0.15) is 0 Å². The molecule has 0 aromatic heterocycles. The van der Waals surface area contributed by atoms with Crippen LogP contribution in [0.4, 0.5) is 0 Å². The number of hydrogen-bond acceptors (Lipinski definition) is 2. The Morgan fingerprint density at radius 2 is 2.29 bits per heavy atom. The first-order valence-electron chi connectivity index (χ1n) is 6.58. The van der Waals surface area contributed by atoms with Crippen molar-refractivity contribution in [2.45, 2.75) is 39.2 Å². The van der Waals surface area contributed by atoms with E-state index < -0.39 is 0 Å². The Kier molecular flexibility index (Phi) is 4.19. The standard InChI is InChI=1S/C15H22O2/c1-3-4-13(10-16)15-14-9-11(2)5-6-12(14)7-8-17-15/h5-6,9,13,15-16H,3-4,7-8,10H2,1-2H3/t13-,15+/m0/s1. The SMILES string of the molecule is CCC[C@@H](CO)[C@H]1OCCc2ccc(C)cc21. The van der Waals surface area contributed by atoms with Crippen molar-refractivity contribution in [2.24, 2.45) is 5.92 Å². The van der Waals surface area contributed by atoms with Crippen LogP contribution in [0.1, 0.15) is 42.6 Å². The van der Waals surface area contributed by atoms with Crippen molar-refractivity contribution < 1.29 is 9.84 Å². The van der Waals surface area contributed by atoms with Crippen molar-refractivity contribution in [3.63, 3.8) is 0 Å². The summed E-state index contributed by atoms with van der Waals surface area (Å²) in [7, 11) is 0. The van der Waals surface area contributed by atoms with Gasteiger partial charge in [0.05, 0.1) is 12.7 Å². The first kappa shape index (κ1) is 12.6. The van der Waals surface area contributed by atoms with E-state index in [1.807, 2.05) is 0 Å². The average Bonchev–Trinajstić information content (AvgIpc) is 2.35. The number of aryl methyl sites for hydroxylation is 1. The van der Waals surface area contributed by atoms with Gasteiger partial charge in [0.25, 0.3) is 0 Å². The van der Waals surface area contributed by atoms with E-state index in [2.05, 4.69) is 32.0 Å². The molecule has 1 aromatic carbocycles. The second-order valence-corrected chi connectivity index (χ2v) is 4.97. The van der Waals surface area contributed by atoms with E-state index in [9.17, 15) is 5.11 Å². The maximum Gasteiger partial charge on any atom is 0.0877 e. The Bertz CT molecular complexity index is 373. The number of fused-ring (bicyclic) bond motifs is 1. The summed E-state index contributed by atoms with van der Waals surface area (Å²) in [4.78, 5) is 0. The fraction of sp³-hybridized carbons (Fsp3) is 0.600. The Labute approximate surface area is 104 Å². The molecule has 0 amide bonds. The van der Waals surface area contributed by atoms with Gasteiger partial charge in [0.2, 0.25) is 0 Å². The summed E-state index contributed by atoms with van der Waals surface area (Å²) in [5.74, 6) is 0.237. The Morgan fingerprint density at radius 3 is 3.00 bits per heavy atom. The minimum Gasteiger partial charge on any atom is -0.396 e.